The van der Waals surface area contributed by atoms with Crippen molar-refractivity contribution >= 4 is 11.3 Å². The summed E-state index contributed by atoms with van der Waals surface area (Å²) < 4.78 is 5.18. The summed E-state index contributed by atoms with van der Waals surface area (Å²) in [6.07, 6.45) is 2.06. The van der Waals surface area contributed by atoms with Crippen LogP contribution < -0.4 is 10.1 Å². The lowest BCUT2D eigenvalue weighted by Crippen LogP contribution is -2.13. The van der Waals surface area contributed by atoms with E-state index < -0.39 is 0 Å². The Balaban J connectivity index is 2.00. The lowest BCUT2D eigenvalue weighted by Gasteiger charge is -2.01. The zero-order valence-corrected chi connectivity index (χ0v) is 13.2. The number of aryl methyl sites for hydroxylation is 1. The van der Waals surface area contributed by atoms with Crippen molar-refractivity contribution in [3.8, 4) is 5.75 Å². The van der Waals surface area contributed by atoms with E-state index in [0.29, 0.717) is 0 Å². The van der Waals surface area contributed by atoms with Crippen LogP contribution in [0.25, 0.3) is 0 Å². The predicted molar refractivity (Wildman–Crippen MR) is 84.6 cm³/mol. The molecule has 0 saturated heterocycles. The lowest BCUT2D eigenvalue weighted by atomic mass is 10.1. The average molecular weight is 290 g/mol. The van der Waals surface area contributed by atoms with Crippen LogP contribution in [0.4, 0.5) is 0 Å². The van der Waals surface area contributed by atoms with E-state index in [9.17, 15) is 0 Å². The standard InChI is InChI=1S/C16H22N2OS/c1-4-9-17-11-15-12(2)18-16(20-15)10-13-5-7-14(19-3)8-6-13/h5-8,17H,4,9-11H2,1-3H3. The maximum Gasteiger partial charge on any atom is 0.118 e. The molecule has 0 atom stereocenters. The van der Waals surface area contributed by atoms with E-state index in [4.69, 9.17) is 4.74 Å². The van der Waals surface area contributed by atoms with Gasteiger partial charge in [-0.15, -0.1) is 11.3 Å². The van der Waals surface area contributed by atoms with Gasteiger partial charge in [0.05, 0.1) is 17.8 Å². The fourth-order valence-electron chi connectivity index (χ4n) is 2.02. The summed E-state index contributed by atoms with van der Waals surface area (Å²) in [5, 5.41) is 4.62. The molecule has 0 spiro atoms. The fraction of sp³-hybridized carbons (Fsp3) is 0.438. The molecule has 1 aromatic heterocycles. The molecule has 0 unspecified atom stereocenters. The van der Waals surface area contributed by atoms with Gasteiger partial charge >= 0.3 is 0 Å². The molecule has 0 bridgehead atoms. The summed E-state index contributed by atoms with van der Waals surface area (Å²) in [6.45, 7) is 6.27. The van der Waals surface area contributed by atoms with Crippen molar-refractivity contribution in [1.29, 1.82) is 0 Å². The van der Waals surface area contributed by atoms with Crippen molar-refractivity contribution in [2.75, 3.05) is 13.7 Å². The first-order chi connectivity index (χ1) is 9.72. The van der Waals surface area contributed by atoms with Crippen LogP contribution in [0.2, 0.25) is 0 Å². The molecule has 0 aliphatic carbocycles. The predicted octanol–water partition coefficient (Wildman–Crippen LogP) is 3.55. The normalized spacial score (nSPS) is 10.8. The number of thiazole rings is 1. The van der Waals surface area contributed by atoms with Gasteiger partial charge in [-0.2, -0.15) is 0 Å². The number of aromatic nitrogens is 1. The average Bonchev–Trinajstić information content (AvgIpc) is 2.80. The highest BCUT2D eigenvalue weighted by Crippen LogP contribution is 2.21. The van der Waals surface area contributed by atoms with Crippen molar-refractivity contribution in [2.45, 2.75) is 33.2 Å². The number of hydrogen-bond donors (Lipinski definition) is 1. The summed E-state index contributed by atoms with van der Waals surface area (Å²) in [5.41, 5.74) is 2.43. The van der Waals surface area contributed by atoms with Gasteiger partial charge in [0.25, 0.3) is 0 Å². The first kappa shape index (κ1) is 15.0. The van der Waals surface area contributed by atoms with Gasteiger partial charge in [0.2, 0.25) is 0 Å². The SMILES string of the molecule is CCCNCc1sc(Cc2ccc(OC)cc2)nc1C. The molecule has 2 rings (SSSR count). The number of nitrogens with one attached hydrogen (secondary N) is 1. The van der Waals surface area contributed by atoms with E-state index >= 15 is 0 Å². The minimum absolute atomic E-state index is 0.892. The van der Waals surface area contributed by atoms with Gasteiger partial charge in [-0.25, -0.2) is 4.98 Å². The van der Waals surface area contributed by atoms with Crippen molar-refractivity contribution in [2.24, 2.45) is 0 Å². The van der Waals surface area contributed by atoms with Crippen LogP contribution in [-0.4, -0.2) is 18.6 Å². The molecule has 1 aromatic carbocycles. The molecule has 1 N–H and O–H groups in total. The lowest BCUT2D eigenvalue weighted by molar-refractivity contribution is 0.414. The van der Waals surface area contributed by atoms with E-state index in [1.54, 1.807) is 7.11 Å². The summed E-state index contributed by atoms with van der Waals surface area (Å²) in [5.74, 6) is 0.897. The Labute approximate surface area is 125 Å². The van der Waals surface area contributed by atoms with Crippen molar-refractivity contribution < 1.29 is 4.74 Å². The van der Waals surface area contributed by atoms with Gasteiger partial charge in [-0.05, 0) is 37.6 Å². The van der Waals surface area contributed by atoms with Crippen LogP contribution in [0, 0.1) is 6.92 Å². The van der Waals surface area contributed by atoms with Crippen LogP contribution in [-0.2, 0) is 13.0 Å². The van der Waals surface area contributed by atoms with Crippen molar-refractivity contribution in [3.05, 3.63) is 45.4 Å². The van der Waals surface area contributed by atoms with Crippen LogP contribution in [0.3, 0.4) is 0 Å². The monoisotopic (exact) mass is 290 g/mol. The quantitative estimate of drug-likeness (QED) is 0.792. The van der Waals surface area contributed by atoms with Crippen LogP contribution >= 0.6 is 11.3 Å². The molecule has 108 valence electrons. The molecule has 0 saturated carbocycles. The third-order valence-corrected chi connectivity index (χ3v) is 4.32. The molecule has 0 aliphatic heterocycles. The minimum atomic E-state index is 0.892. The van der Waals surface area contributed by atoms with Gasteiger partial charge in [-0.1, -0.05) is 19.1 Å². The zero-order valence-electron chi connectivity index (χ0n) is 12.4. The van der Waals surface area contributed by atoms with E-state index in [2.05, 4.69) is 36.3 Å². The Morgan fingerprint density at radius 1 is 1.25 bits per heavy atom. The van der Waals surface area contributed by atoms with Gasteiger partial charge < -0.3 is 10.1 Å². The Kier molecular flexibility index (Phi) is 5.56. The maximum atomic E-state index is 5.18. The molecule has 0 aliphatic rings. The van der Waals surface area contributed by atoms with E-state index in [-0.39, 0.29) is 0 Å². The van der Waals surface area contributed by atoms with Gasteiger partial charge in [0.1, 0.15) is 5.75 Å². The Morgan fingerprint density at radius 3 is 2.65 bits per heavy atom. The number of ether oxygens (including phenoxy) is 1. The van der Waals surface area contributed by atoms with Crippen LogP contribution in [0.5, 0.6) is 5.75 Å². The van der Waals surface area contributed by atoms with E-state index in [1.807, 2.05) is 23.5 Å². The molecule has 0 radical (unpaired) electrons. The van der Waals surface area contributed by atoms with Crippen LogP contribution in [0.15, 0.2) is 24.3 Å². The van der Waals surface area contributed by atoms with Crippen molar-refractivity contribution in [3.63, 3.8) is 0 Å². The molecule has 4 heteroatoms. The number of benzene rings is 1. The van der Waals surface area contributed by atoms with Gasteiger partial charge in [0, 0.05) is 17.8 Å². The highest BCUT2D eigenvalue weighted by Gasteiger charge is 2.08. The Hall–Kier alpha value is -1.39. The summed E-state index contributed by atoms with van der Waals surface area (Å²) in [4.78, 5) is 6.02. The second-order valence-corrected chi connectivity index (χ2v) is 5.99. The van der Waals surface area contributed by atoms with Crippen molar-refractivity contribution in [1.82, 2.24) is 10.3 Å². The first-order valence-electron chi connectivity index (χ1n) is 7.01. The number of hydrogen-bond acceptors (Lipinski definition) is 4. The minimum Gasteiger partial charge on any atom is -0.497 e. The molecular formula is C16H22N2OS. The second-order valence-electron chi connectivity index (χ2n) is 4.82. The third kappa shape index (κ3) is 4.05. The summed E-state index contributed by atoms with van der Waals surface area (Å²) in [7, 11) is 1.69. The highest BCUT2D eigenvalue weighted by atomic mass is 32.1. The molecule has 1 heterocycles. The fourth-order valence-corrected chi connectivity index (χ4v) is 3.10. The third-order valence-electron chi connectivity index (χ3n) is 3.16. The van der Waals surface area contributed by atoms with E-state index in [1.165, 1.54) is 15.4 Å². The number of nitrogens with zero attached hydrogens (tertiary/aromatic N) is 1. The summed E-state index contributed by atoms with van der Waals surface area (Å²) in [6, 6.07) is 8.20. The molecule has 3 nitrogen and oxygen atoms in total. The smallest absolute Gasteiger partial charge is 0.118 e. The Bertz CT molecular complexity index is 534. The molecule has 0 fully saturated rings. The van der Waals surface area contributed by atoms with Crippen LogP contribution in [0.1, 0.15) is 34.5 Å². The van der Waals surface area contributed by atoms with Gasteiger partial charge in [-0.3, -0.25) is 0 Å². The molecule has 0 amide bonds. The van der Waals surface area contributed by atoms with E-state index in [0.717, 1.165) is 37.4 Å². The topological polar surface area (TPSA) is 34.1 Å². The highest BCUT2D eigenvalue weighted by molar-refractivity contribution is 7.11. The maximum absolute atomic E-state index is 5.18. The number of methoxy groups -OCH3 is 1. The molecule has 20 heavy (non-hydrogen) atoms. The first-order valence-corrected chi connectivity index (χ1v) is 7.83. The second kappa shape index (κ2) is 7.41. The molecule has 2 aromatic rings. The van der Waals surface area contributed by atoms with Gasteiger partial charge in [0.15, 0.2) is 0 Å². The zero-order chi connectivity index (χ0) is 14.4. The Morgan fingerprint density at radius 2 is 2.00 bits per heavy atom. The number of rotatable bonds is 7. The molecular weight excluding hydrogens is 268 g/mol. The largest absolute Gasteiger partial charge is 0.497 e. The summed E-state index contributed by atoms with van der Waals surface area (Å²) >= 11 is 1.81.